The Morgan fingerprint density at radius 3 is 2.89 bits per heavy atom. The Kier molecular flexibility index (Phi) is 2.52. The average molecular weight is 256 g/mol. The summed E-state index contributed by atoms with van der Waals surface area (Å²) in [6.45, 7) is 0.897. The van der Waals surface area contributed by atoms with Gasteiger partial charge in [0.1, 0.15) is 0 Å². The fourth-order valence-electron chi connectivity index (χ4n) is 2.81. The van der Waals surface area contributed by atoms with E-state index in [9.17, 15) is 0 Å². The van der Waals surface area contributed by atoms with Crippen LogP contribution >= 0.6 is 0 Å². The van der Waals surface area contributed by atoms with E-state index in [-0.39, 0.29) is 6.04 Å². The molecule has 0 aromatic carbocycles. The van der Waals surface area contributed by atoms with E-state index in [1.807, 2.05) is 12.5 Å². The van der Waals surface area contributed by atoms with E-state index in [1.54, 1.807) is 0 Å². The van der Waals surface area contributed by atoms with Gasteiger partial charge in [0.15, 0.2) is 0 Å². The molecule has 0 bridgehead atoms. The zero-order chi connectivity index (χ0) is 12.8. The van der Waals surface area contributed by atoms with E-state index >= 15 is 0 Å². The molecule has 0 radical (unpaired) electrons. The second-order valence-corrected chi connectivity index (χ2v) is 6.00. The van der Waals surface area contributed by atoms with Crippen molar-refractivity contribution in [1.29, 1.82) is 0 Å². The van der Waals surface area contributed by atoms with Crippen LogP contribution in [0.2, 0.25) is 0 Å². The van der Waals surface area contributed by atoms with Crippen LogP contribution in [0.4, 0.5) is 0 Å². The zero-order valence-corrected chi connectivity index (χ0v) is 11.1. The number of nitrogens with two attached hydrogens (primary N) is 1. The summed E-state index contributed by atoms with van der Waals surface area (Å²) in [6.07, 6.45) is 13.5. The van der Waals surface area contributed by atoms with Gasteiger partial charge in [-0.25, -0.2) is 4.98 Å². The number of hydrogen-bond acceptors (Lipinski definition) is 2. The molecule has 2 aromatic heterocycles. The van der Waals surface area contributed by atoms with Crippen LogP contribution in [0.5, 0.6) is 0 Å². The smallest absolute Gasteiger partial charge is 0.0951 e. The Morgan fingerprint density at radius 1 is 1.32 bits per heavy atom. The van der Waals surface area contributed by atoms with Crippen LogP contribution in [0.25, 0.3) is 0 Å². The van der Waals surface area contributed by atoms with Crippen LogP contribution in [0.1, 0.15) is 49.0 Å². The summed E-state index contributed by atoms with van der Waals surface area (Å²) in [6, 6.07) is 3.09. The first-order chi connectivity index (χ1) is 9.31. The summed E-state index contributed by atoms with van der Waals surface area (Å²) in [5.74, 6) is 0.716. The van der Waals surface area contributed by atoms with Gasteiger partial charge in [0.25, 0.3) is 0 Å². The molecule has 1 unspecified atom stereocenters. The van der Waals surface area contributed by atoms with E-state index in [4.69, 9.17) is 5.73 Å². The predicted octanol–water partition coefficient (Wildman–Crippen LogP) is 2.48. The molecule has 2 aromatic rings. The van der Waals surface area contributed by atoms with Gasteiger partial charge in [-0.15, -0.1) is 0 Å². The second-order valence-electron chi connectivity index (χ2n) is 6.00. The van der Waals surface area contributed by atoms with E-state index in [0.29, 0.717) is 12.0 Å². The predicted molar refractivity (Wildman–Crippen MR) is 73.7 cm³/mol. The van der Waals surface area contributed by atoms with E-state index in [2.05, 4.69) is 32.6 Å². The van der Waals surface area contributed by atoms with Crippen molar-refractivity contribution in [3.05, 3.63) is 42.2 Å². The van der Waals surface area contributed by atoms with E-state index in [1.165, 1.54) is 36.9 Å². The Balaban J connectivity index is 1.51. The molecule has 0 aliphatic heterocycles. The molecule has 4 nitrogen and oxygen atoms in total. The monoisotopic (exact) mass is 256 g/mol. The molecule has 0 saturated heterocycles. The fraction of sp³-hybridized carbons (Fsp3) is 0.533. The number of rotatable bonds is 5. The molecule has 2 aliphatic rings. The lowest BCUT2D eigenvalue weighted by atomic mass is 10.1. The van der Waals surface area contributed by atoms with Gasteiger partial charge in [-0.1, -0.05) is 0 Å². The normalized spacial score (nSPS) is 20.7. The third kappa shape index (κ3) is 2.21. The molecule has 2 N–H and O–H groups in total. The molecule has 2 heterocycles. The van der Waals surface area contributed by atoms with Crippen LogP contribution < -0.4 is 5.73 Å². The van der Waals surface area contributed by atoms with Crippen molar-refractivity contribution in [2.75, 3.05) is 0 Å². The van der Waals surface area contributed by atoms with Gasteiger partial charge in [-0.05, 0) is 43.2 Å². The van der Waals surface area contributed by atoms with Crippen LogP contribution in [-0.4, -0.2) is 14.1 Å². The number of aromatic nitrogens is 3. The zero-order valence-electron chi connectivity index (χ0n) is 11.1. The van der Waals surface area contributed by atoms with Crippen LogP contribution in [-0.2, 0) is 6.54 Å². The Labute approximate surface area is 113 Å². The summed E-state index contributed by atoms with van der Waals surface area (Å²) in [4.78, 5) is 4.28. The van der Waals surface area contributed by atoms with Crippen molar-refractivity contribution in [3.8, 4) is 0 Å². The largest absolute Gasteiger partial charge is 0.348 e. The molecule has 4 rings (SSSR count). The number of hydrogen-bond donors (Lipinski definition) is 1. The topological polar surface area (TPSA) is 48.8 Å². The lowest BCUT2D eigenvalue weighted by Crippen LogP contribution is -2.11. The Morgan fingerprint density at radius 2 is 2.16 bits per heavy atom. The first-order valence-corrected chi connectivity index (χ1v) is 7.23. The molecule has 19 heavy (non-hydrogen) atoms. The number of imidazole rings is 1. The highest BCUT2D eigenvalue weighted by Gasteiger charge is 2.30. The van der Waals surface area contributed by atoms with Gasteiger partial charge >= 0.3 is 0 Å². The molecule has 4 heteroatoms. The van der Waals surface area contributed by atoms with Crippen molar-refractivity contribution in [1.82, 2.24) is 14.1 Å². The minimum atomic E-state index is 0.231. The van der Waals surface area contributed by atoms with E-state index < -0.39 is 0 Å². The highest BCUT2D eigenvalue weighted by molar-refractivity contribution is 5.18. The van der Waals surface area contributed by atoms with Gasteiger partial charge in [0.05, 0.1) is 18.6 Å². The van der Waals surface area contributed by atoms with E-state index in [0.717, 1.165) is 6.54 Å². The summed E-state index contributed by atoms with van der Waals surface area (Å²) in [5, 5.41) is 0. The summed E-state index contributed by atoms with van der Waals surface area (Å²) < 4.78 is 4.55. The van der Waals surface area contributed by atoms with Crippen molar-refractivity contribution >= 4 is 0 Å². The van der Waals surface area contributed by atoms with Gasteiger partial charge < -0.3 is 14.9 Å². The van der Waals surface area contributed by atoms with Gasteiger partial charge in [0.2, 0.25) is 0 Å². The minimum Gasteiger partial charge on any atom is -0.348 e. The maximum absolute atomic E-state index is 6.24. The molecular formula is C15H20N4. The summed E-state index contributed by atoms with van der Waals surface area (Å²) in [5.41, 5.74) is 8.82. The standard InChI is InChI=1S/C15H20N4/c16-15(11-1-2-11)12-5-6-18(8-12)9-14-7-17-10-19(14)13-3-4-13/h5-8,10-11,13,15H,1-4,9,16H2. The molecule has 2 aliphatic carbocycles. The first kappa shape index (κ1) is 11.3. The molecule has 2 saturated carbocycles. The average Bonchev–Trinajstić information content (AvgIpc) is 3.34. The van der Waals surface area contributed by atoms with Gasteiger partial charge in [-0.2, -0.15) is 0 Å². The first-order valence-electron chi connectivity index (χ1n) is 7.23. The van der Waals surface area contributed by atoms with Crippen molar-refractivity contribution in [2.24, 2.45) is 11.7 Å². The van der Waals surface area contributed by atoms with Crippen LogP contribution in [0, 0.1) is 5.92 Å². The fourth-order valence-corrected chi connectivity index (χ4v) is 2.81. The van der Waals surface area contributed by atoms with Crippen molar-refractivity contribution in [2.45, 2.75) is 44.3 Å². The third-order valence-corrected chi connectivity index (χ3v) is 4.32. The molecular weight excluding hydrogens is 236 g/mol. The molecule has 1 atom stereocenters. The number of nitrogens with zero attached hydrogens (tertiary/aromatic N) is 3. The van der Waals surface area contributed by atoms with Gasteiger partial charge in [-0.3, -0.25) is 0 Å². The minimum absolute atomic E-state index is 0.231. The quantitative estimate of drug-likeness (QED) is 0.893. The highest BCUT2D eigenvalue weighted by Crippen LogP contribution is 2.39. The maximum atomic E-state index is 6.24. The lowest BCUT2D eigenvalue weighted by Gasteiger charge is -2.09. The Bertz CT molecular complexity index is 574. The SMILES string of the molecule is NC(c1ccn(Cc2cncn2C2CC2)c1)C1CC1. The highest BCUT2D eigenvalue weighted by atomic mass is 15.1. The lowest BCUT2D eigenvalue weighted by molar-refractivity contribution is 0.626. The third-order valence-electron chi connectivity index (χ3n) is 4.32. The van der Waals surface area contributed by atoms with Crippen LogP contribution in [0.3, 0.4) is 0 Å². The molecule has 0 amide bonds. The molecule has 100 valence electrons. The molecule has 2 fully saturated rings. The second kappa shape index (κ2) is 4.23. The van der Waals surface area contributed by atoms with Crippen molar-refractivity contribution < 1.29 is 0 Å². The summed E-state index contributed by atoms with van der Waals surface area (Å²) >= 11 is 0. The van der Waals surface area contributed by atoms with Crippen LogP contribution in [0.15, 0.2) is 31.0 Å². The molecule has 0 spiro atoms. The Hall–Kier alpha value is -1.55. The van der Waals surface area contributed by atoms with Gasteiger partial charge in [0, 0.05) is 30.7 Å². The maximum Gasteiger partial charge on any atom is 0.0951 e. The van der Waals surface area contributed by atoms with Crippen molar-refractivity contribution in [3.63, 3.8) is 0 Å². The summed E-state index contributed by atoms with van der Waals surface area (Å²) in [7, 11) is 0.